The van der Waals surface area contributed by atoms with Crippen LogP contribution in [0.25, 0.3) is 0 Å². The normalized spacial score (nSPS) is 13.7. The van der Waals surface area contributed by atoms with Crippen LogP contribution in [0.2, 0.25) is 0 Å². The zero-order valence-electron chi connectivity index (χ0n) is 10.9. The number of benzene rings is 1. The van der Waals surface area contributed by atoms with Gasteiger partial charge < -0.3 is 14.6 Å². The third kappa shape index (κ3) is 3.21. The summed E-state index contributed by atoms with van der Waals surface area (Å²) in [7, 11) is 1.37. The highest BCUT2D eigenvalue weighted by molar-refractivity contribution is 5.45. The molecule has 2 aromatic rings. The first-order valence-electron chi connectivity index (χ1n) is 5.80. The van der Waals surface area contributed by atoms with Crippen molar-refractivity contribution in [2.24, 2.45) is 0 Å². The number of aromatic nitrogens is 1. The summed E-state index contributed by atoms with van der Waals surface area (Å²) >= 11 is 0. The number of hydrogen-bond donors (Lipinski definition) is 1. The quantitative estimate of drug-likeness (QED) is 0.875. The van der Waals surface area contributed by atoms with Crippen LogP contribution in [0, 0.1) is 5.95 Å². The minimum atomic E-state index is -2.48. The minimum Gasteiger partial charge on any atom is -0.493 e. The smallest absolute Gasteiger partial charge is 0.230 e. The number of alkyl halides is 1. The molecular weight excluding hydrogens is 268 g/mol. The van der Waals surface area contributed by atoms with Crippen molar-refractivity contribution in [1.82, 2.24) is 4.98 Å². The van der Waals surface area contributed by atoms with Gasteiger partial charge in [0.25, 0.3) is 0 Å². The second-order valence-electron chi connectivity index (χ2n) is 4.22. The van der Waals surface area contributed by atoms with Gasteiger partial charge in [-0.3, -0.25) is 0 Å². The van der Waals surface area contributed by atoms with Crippen LogP contribution in [0.3, 0.4) is 0 Å². The zero-order chi connectivity index (χ0) is 14.8. The van der Waals surface area contributed by atoms with E-state index in [1.54, 1.807) is 0 Å². The van der Waals surface area contributed by atoms with Gasteiger partial charge in [0.1, 0.15) is 0 Å². The van der Waals surface area contributed by atoms with Crippen molar-refractivity contribution in [2.75, 3.05) is 7.11 Å². The molecule has 0 fully saturated rings. The van der Waals surface area contributed by atoms with E-state index in [4.69, 9.17) is 9.47 Å². The van der Waals surface area contributed by atoms with Crippen molar-refractivity contribution in [3.8, 4) is 17.4 Å². The molecule has 4 nitrogen and oxygen atoms in total. The number of pyridine rings is 1. The van der Waals surface area contributed by atoms with E-state index in [0.717, 1.165) is 6.92 Å². The summed E-state index contributed by atoms with van der Waals surface area (Å²) in [4.78, 5) is 3.55. The van der Waals surface area contributed by atoms with Crippen molar-refractivity contribution >= 4 is 0 Å². The summed E-state index contributed by atoms with van der Waals surface area (Å²) in [6, 6.07) is 8.17. The van der Waals surface area contributed by atoms with E-state index in [9.17, 15) is 13.9 Å². The second kappa shape index (κ2) is 5.42. The van der Waals surface area contributed by atoms with Gasteiger partial charge in [-0.05, 0) is 31.2 Å². The van der Waals surface area contributed by atoms with E-state index in [-0.39, 0.29) is 22.9 Å². The van der Waals surface area contributed by atoms with Crippen LogP contribution in [0.15, 0.2) is 36.4 Å². The molecule has 2 rings (SSSR count). The summed E-state index contributed by atoms with van der Waals surface area (Å²) in [6.45, 7) is 1.01. The van der Waals surface area contributed by atoms with Crippen LogP contribution < -0.4 is 9.47 Å². The average Bonchev–Trinajstić information content (AvgIpc) is 2.38. The average molecular weight is 281 g/mol. The molecule has 0 spiro atoms. The Morgan fingerprint density at radius 1 is 1.20 bits per heavy atom. The molecule has 1 atom stereocenters. The monoisotopic (exact) mass is 281 g/mol. The molecule has 1 aromatic heterocycles. The molecule has 106 valence electrons. The van der Waals surface area contributed by atoms with Crippen LogP contribution >= 0.6 is 0 Å². The Morgan fingerprint density at radius 2 is 1.95 bits per heavy atom. The van der Waals surface area contributed by atoms with Gasteiger partial charge in [0.2, 0.25) is 17.7 Å². The number of halogens is 2. The van der Waals surface area contributed by atoms with Crippen molar-refractivity contribution in [2.45, 2.75) is 12.8 Å². The van der Waals surface area contributed by atoms with Crippen molar-refractivity contribution < 1.29 is 23.4 Å². The molecule has 0 radical (unpaired) electrons. The first kappa shape index (κ1) is 14.2. The Morgan fingerprint density at radius 3 is 2.55 bits per heavy atom. The van der Waals surface area contributed by atoms with Crippen LogP contribution in [-0.2, 0) is 5.85 Å². The zero-order valence-corrected chi connectivity index (χ0v) is 10.9. The molecule has 20 heavy (non-hydrogen) atoms. The lowest BCUT2D eigenvalue weighted by atomic mass is 10.1. The van der Waals surface area contributed by atoms with E-state index in [0.29, 0.717) is 0 Å². The fourth-order valence-electron chi connectivity index (χ4n) is 1.59. The molecule has 1 aromatic carbocycles. The highest BCUT2D eigenvalue weighted by Gasteiger charge is 2.23. The lowest BCUT2D eigenvalue weighted by Gasteiger charge is -2.16. The van der Waals surface area contributed by atoms with Crippen molar-refractivity contribution in [3.05, 3.63) is 47.9 Å². The molecule has 1 N–H and O–H groups in total. The summed E-state index contributed by atoms with van der Waals surface area (Å²) in [6.07, 6.45) is 0. The largest absolute Gasteiger partial charge is 0.493 e. The lowest BCUT2D eigenvalue weighted by molar-refractivity contribution is -0.0770. The lowest BCUT2D eigenvalue weighted by Crippen LogP contribution is -2.13. The van der Waals surface area contributed by atoms with Crippen LogP contribution in [0.4, 0.5) is 8.78 Å². The Kier molecular flexibility index (Phi) is 3.85. The Hall–Kier alpha value is -2.21. The van der Waals surface area contributed by atoms with Crippen LogP contribution in [0.1, 0.15) is 12.5 Å². The summed E-state index contributed by atoms with van der Waals surface area (Å²) in [5.74, 6) is -2.68. The molecule has 0 saturated carbocycles. The number of aliphatic hydroxyl groups is 1. The number of hydrogen-bond acceptors (Lipinski definition) is 4. The summed E-state index contributed by atoms with van der Waals surface area (Å²) in [5.41, 5.74) is 0.0221. The summed E-state index contributed by atoms with van der Waals surface area (Å²) < 4.78 is 36.8. The first-order valence-corrected chi connectivity index (χ1v) is 5.80. The minimum absolute atomic E-state index is 0.0221. The van der Waals surface area contributed by atoms with Gasteiger partial charge in [-0.25, -0.2) is 4.39 Å². The summed E-state index contributed by atoms with van der Waals surface area (Å²) in [5, 5.41) is 9.30. The first-order chi connectivity index (χ1) is 9.40. The Balaban J connectivity index is 2.33. The molecule has 1 heterocycles. The molecule has 0 saturated heterocycles. The van der Waals surface area contributed by atoms with Gasteiger partial charge in [0, 0.05) is 11.6 Å². The van der Waals surface area contributed by atoms with Gasteiger partial charge in [-0.2, -0.15) is 9.37 Å². The third-order valence-electron chi connectivity index (χ3n) is 2.59. The van der Waals surface area contributed by atoms with Gasteiger partial charge >= 0.3 is 0 Å². The number of rotatable bonds is 4. The maximum Gasteiger partial charge on any atom is 0.230 e. The molecule has 0 bridgehead atoms. The van der Waals surface area contributed by atoms with E-state index < -0.39 is 11.8 Å². The molecule has 0 amide bonds. The SMILES string of the molecule is COc1cc(C(C)(O)F)ccc1Oc1cccc(F)n1. The van der Waals surface area contributed by atoms with Gasteiger partial charge in [-0.1, -0.05) is 6.07 Å². The van der Waals surface area contributed by atoms with Crippen LogP contribution in [-0.4, -0.2) is 17.2 Å². The maximum atomic E-state index is 13.4. The van der Waals surface area contributed by atoms with Crippen LogP contribution in [0.5, 0.6) is 17.4 Å². The van der Waals surface area contributed by atoms with E-state index in [1.807, 2.05) is 0 Å². The molecule has 0 aliphatic heterocycles. The number of nitrogens with zero attached hydrogens (tertiary/aromatic N) is 1. The fraction of sp³-hybridized carbons (Fsp3) is 0.214. The van der Waals surface area contributed by atoms with Gasteiger partial charge in [0.05, 0.1) is 7.11 Å². The molecular formula is C14H13F2NO3. The number of ether oxygens (including phenoxy) is 2. The highest BCUT2D eigenvalue weighted by Crippen LogP contribution is 2.35. The van der Waals surface area contributed by atoms with E-state index in [1.165, 1.54) is 43.5 Å². The molecule has 6 heteroatoms. The topological polar surface area (TPSA) is 51.6 Å². The molecule has 0 aliphatic rings. The van der Waals surface area contributed by atoms with Crippen molar-refractivity contribution in [3.63, 3.8) is 0 Å². The van der Waals surface area contributed by atoms with E-state index in [2.05, 4.69) is 4.98 Å². The third-order valence-corrected chi connectivity index (χ3v) is 2.59. The second-order valence-corrected chi connectivity index (χ2v) is 4.22. The Labute approximate surface area is 114 Å². The predicted octanol–water partition coefficient (Wildman–Crippen LogP) is 3.16. The van der Waals surface area contributed by atoms with Crippen molar-refractivity contribution in [1.29, 1.82) is 0 Å². The Bertz CT molecular complexity index is 612. The van der Waals surface area contributed by atoms with Gasteiger partial charge in [-0.15, -0.1) is 0 Å². The highest BCUT2D eigenvalue weighted by atomic mass is 19.2. The number of methoxy groups -OCH3 is 1. The van der Waals surface area contributed by atoms with Gasteiger partial charge in [0.15, 0.2) is 11.5 Å². The fourth-order valence-corrected chi connectivity index (χ4v) is 1.59. The maximum absolute atomic E-state index is 13.4. The molecule has 0 aliphatic carbocycles. The standard InChI is InChI=1S/C14H13F2NO3/c1-14(16,18)9-6-7-10(11(8-9)19-2)20-13-5-3-4-12(15)17-13/h3-8,18H,1-2H3. The predicted molar refractivity (Wildman–Crippen MR) is 67.9 cm³/mol. The van der Waals surface area contributed by atoms with E-state index >= 15 is 0 Å². The molecule has 1 unspecified atom stereocenters.